The first-order valence-electron chi connectivity index (χ1n) is 8.50. The van der Waals surface area contributed by atoms with Gasteiger partial charge in [-0.2, -0.15) is 0 Å². The fourth-order valence-corrected chi connectivity index (χ4v) is 3.07. The van der Waals surface area contributed by atoms with Crippen LogP contribution in [0.15, 0.2) is 41.4 Å². The Balaban J connectivity index is 1.42. The minimum Gasteiger partial charge on any atom is -0.360 e. The maximum atomic E-state index is 12.5. The highest BCUT2D eigenvalue weighted by Gasteiger charge is 2.27. The van der Waals surface area contributed by atoms with Gasteiger partial charge in [0.25, 0.3) is 0 Å². The van der Waals surface area contributed by atoms with Crippen molar-refractivity contribution in [2.45, 2.75) is 19.8 Å². The molecule has 0 bridgehead atoms. The van der Waals surface area contributed by atoms with Crippen LogP contribution in [0, 0.1) is 12.8 Å². The summed E-state index contributed by atoms with van der Waals surface area (Å²) in [5.41, 5.74) is 0. The lowest BCUT2D eigenvalue weighted by Crippen LogP contribution is -2.41. The monoisotopic (exact) mass is 353 g/mol. The molecule has 1 aliphatic heterocycles. The van der Waals surface area contributed by atoms with E-state index in [1.165, 1.54) is 0 Å². The van der Waals surface area contributed by atoms with E-state index in [0.29, 0.717) is 23.9 Å². The molecule has 1 N–H and O–H groups in total. The largest absolute Gasteiger partial charge is 0.360 e. The summed E-state index contributed by atoms with van der Waals surface area (Å²) in [6.45, 7) is 3.24. The van der Waals surface area contributed by atoms with Crippen LogP contribution in [0.2, 0.25) is 0 Å². The second-order valence-electron chi connectivity index (χ2n) is 6.32. The number of nitrogens with zero attached hydrogens (tertiary/aromatic N) is 6. The van der Waals surface area contributed by atoms with Gasteiger partial charge in [0.1, 0.15) is 12.1 Å². The predicted octanol–water partition coefficient (Wildman–Crippen LogP) is 1.81. The number of hydrogen-bond donors (Lipinski definition) is 1. The van der Waals surface area contributed by atoms with Crippen LogP contribution in [-0.4, -0.2) is 43.9 Å². The number of aryl methyl sites for hydroxylation is 1. The van der Waals surface area contributed by atoms with Crippen molar-refractivity contribution in [2.75, 3.05) is 23.3 Å². The molecule has 4 heterocycles. The molecule has 1 fully saturated rings. The van der Waals surface area contributed by atoms with E-state index in [-0.39, 0.29) is 11.8 Å². The first-order valence-corrected chi connectivity index (χ1v) is 8.50. The average molecular weight is 353 g/mol. The van der Waals surface area contributed by atoms with E-state index in [2.05, 4.69) is 30.6 Å². The van der Waals surface area contributed by atoms with Crippen molar-refractivity contribution >= 4 is 17.5 Å². The third-order valence-corrected chi connectivity index (χ3v) is 4.40. The zero-order chi connectivity index (χ0) is 17.9. The van der Waals surface area contributed by atoms with Gasteiger partial charge in [0, 0.05) is 31.5 Å². The van der Waals surface area contributed by atoms with Gasteiger partial charge in [0.15, 0.2) is 17.5 Å². The highest BCUT2D eigenvalue weighted by Crippen LogP contribution is 2.23. The lowest BCUT2D eigenvalue weighted by molar-refractivity contribution is -0.120. The Hall–Kier alpha value is -3.23. The third kappa shape index (κ3) is 3.41. The smallest absolute Gasteiger partial charge is 0.230 e. The Morgan fingerprint density at radius 2 is 2.15 bits per heavy atom. The second kappa shape index (κ2) is 6.95. The Kier molecular flexibility index (Phi) is 4.34. The first kappa shape index (κ1) is 16.2. The Morgan fingerprint density at radius 3 is 2.85 bits per heavy atom. The molecule has 3 aromatic heterocycles. The summed E-state index contributed by atoms with van der Waals surface area (Å²) in [6, 6.07) is 5.52. The number of nitrogens with one attached hydrogen (secondary N) is 1. The van der Waals surface area contributed by atoms with Crippen molar-refractivity contribution in [1.82, 2.24) is 24.9 Å². The maximum absolute atomic E-state index is 12.5. The predicted molar refractivity (Wildman–Crippen MR) is 94.0 cm³/mol. The van der Waals surface area contributed by atoms with Crippen LogP contribution in [0.4, 0.5) is 11.6 Å². The molecule has 0 saturated carbocycles. The number of amides is 1. The number of hydrogen-bond acceptors (Lipinski definition) is 7. The molecule has 3 aromatic rings. The highest BCUT2D eigenvalue weighted by atomic mass is 16.5. The van der Waals surface area contributed by atoms with Crippen LogP contribution >= 0.6 is 0 Å². The van der Waals surface area contributed by atoms with E-state index in [1.54, 1.807) is 30.1 Å². The molecule has 1 saturated heterocycles. The normalized spacial score (nSPS) is 17.3. The van der Waals surface area contributed by atoms with Gasteiger partial charge in [-0.3, -0.25) is 9.36 Å². The van der Waals surface area contributed by atoms with Crippen LogP contribution in [-0.2, 0) is 4.79 Å². The molecular weight excluding hydrogens is 334 g/mol. The van der Waals surface area contributed by atoms with Crippen molar-refractivity contribution in [2.24, 2.45) is 5.92 Å². The number of rotatable bonds is 4. The van der Waals surface area contributed by atoms with Gasteiger partial charge >= 0.3 is 0 Å². The molecule has 0 radical (unpaired) electrons. The van der Waals surface area contributed by atoms with Crippen molar-refractivity contribution in [3.63, 3.8) is 0 Å². The second-order valence-corrected chi connectivity index (χ2v) is 6.32. The zero-order valence-electron chi connectivity index (χ0n) is 14.4. The topological polar surface area (TPSA) is 102 Å². The number of imidazole rings is 1. The molecule has 9 heteroatoms. The van der Waals surface area contributed by atoms with Crippen molar-refractivity contribution in [3.05, 3.63) is 42.7 Å². The molecule has 134 valence electrons. The molecular formula is C17H19N7O2. The van der Waals surface area contributed by atoms with E-state index in [1.807, 2.05) is 18.3 Å². The summed E-state index contributed by atoms with van der Waals surface area (Å²) in [7, 11) is 0. The zero-order valence-corrected chi connectivity index (χ0v) is 14.4. The molecule has 0 unspecified atom stereocenters. The minimum atomic E-state index is -0.129. The first-order chi connectivity index (χ1) is 12.7. The summed E-state index contributed by atoms with van der Waals surface area (Å²) in [5.74, 6) is 2.41. The summed E-state index contributed by atoms with van der Waals surface area (Å²) in [6.07, 6.45) is 6.94. The summed E-state index contributed by atoms with van der Waals surface area (Å²) >= 11 is 0. The van der Waals surface area contributed by atoms with Gasteiger partial charge in [-0.05, 0) is 31.9 Å². The quantitative estimate of drug-likeness (QED) is 0.763. The van der Waals surface area contributed by atoms with Gasteiger partial charge in [-0.15, -0.1) is 10.2 Å². The lowest BCUT2D eigenvalue weighted by atomic mass is 9.97. The van der Waals surface area contributed by atoms with Crippen LogP contribution in [0.25, 0.3) is 5.82 Å². The number of carbonyl (C=O) groups is 1. The molecule has 0 aliphatic carbocycles. The summed E-state index contributed by atoms with van der Waals surface area (Å²) in [4.78, 5) is 18.6. The van der Waals surface area contributed by atoms with Gasteiger partial charge < -0.3 is 14.7 Å². The van der Waals surface area contributed by atoms with E-state index in [4.69, 9.17) is 4.52 Å². The lowest BCUT2D eigenvalue weighted by Gasteiger charge is -2.32. The number of aromatic nitrogens is 5. The van der Waals surface area contributed by atoms with Gasteiger partial charge in [0.2, 0.25) is 5.91 Å². The van der Waals surface area contributed by atoms with E-state index >= 15 is 0 Å². The fourth-order valence-electron chi connectivity index (χ4n) is 3.07. The highest BCUT2D eigenvalue weighted by molar-refractivity contribution is 5.92. The van der Waals surface area contributed by atoms with E-state index in [0.717, 1.165) is 25.2 Å². The maximum Gasteiger partial charge on any atom is 0.230 e. The molecule has 1 aliphatic rings. The summed E-state index contributed by atoms with van der Waals surface area (Å²) < 4.78 is 6.78. The van der Waals surface area contributed by atoms with Gasteiger partial charge in [-0.25, -0.2) is 4.98 Å². The number of anilines is 2. The Labute approximate surface area is 150 Å². The van der Waals surface area contributed by atoms with Crippen LogP contribution in [0.1, 0.15) is 18.6 Å². The molecule has 0 aromatic carbocycles. The van der Waals surface area contributed by atoms with Crippen LogP contribution < -0.4 is 10.2 Å². The molecule has 26 heavy (non-hydrogen) atoms. The Morgan fingerprint density at radius 1 is 1.31 bits per heavy atom. The van der Waals surface area contributed by atoms with Crippen molar-refractivity contribution in [3.8, 4) is 5.82 Å². The Bertz CT molecular complexity index is 873. The van der Waals surface area contributed by atoms with Crippen molar-refractivity contribution < 1.29 is 9.32 Å². The van der Waals surface area contributed by atoms with Crippen molar-refractivity contribution in [1.29, 1.82) is 0 Å². The molecule has 4 rings (SSSR count). The average Bonchev–Trinajstić information content (AvgIpc) is 3.34. The van der Waals surface area contributed by atoms with E-state index in [9.17, 15) is 4.79 Å². The number of piperidine rings is 1. The SMILES string of the molecule is Cc1cc(NC(=O)[C@@H]2CCCN(c3ccc(-n4ccnc4)nn3)C2)no1. The van der Waals surface area contributed by atoms with Crippen LogP contribution in [0.5, 0.6) is 0 Å². The number of carbonyl (C=O) groups excluding carboxylic acids is 1. The molecule has 1 atom stereocenters. The van der Waals surface area contributed by atoms with Crippen LogP contribution in [0.3, 0.4) is 0 Å². The van der Waals surface area contributed by atoms with Gasteiger partial charge in [0.05, 0.1) is 5.92 Å². The molecule has 0 spiro atoms. The third-order valence-electron chi connectivity index (χ3n) is 4.40. The molecule has 1 amide bonds. The summed E-state index contributed by atoms with van der Waals surface area (Å²) in [5, 5.41) is 15.2. The fraction of sp³-hybridized carbons (Fsp3) is 0.353. The molecule has 9 nitrogen and oxygen atoms in total. The van der Waals surface area contributed by atoms with Gasteiger partial charge in [-0.1, -0.05) is 5.16 Å². The standard InChI is InChI=1S/C17H19N7O2/c1-12-9-14(22-26-12)19-17(25)13-3-2-7-23(10-13)15-4-5-16(21-20-15)24-8-6-18-11-24/h4-6,8-9,11,13H,2-3,7,10H2,1H3,(H,19,22,25)/t13-/m1/s1. The minimum absolute atomic E-state index is 0.0500. The van der Waals surface area contributed by atoms with E-state index < -0.39 is 0 Å².